The molecule has 2 fully saturated rings. The Morgan fingerprint density at radius 2 is 2.00 bits per heavy atom. The molecule has 3 atom stereocenters. The van der Waals surface area contributed by atoms with Crippen LogP contribution in [-0.4, -0.2) is 43.3 Å². The van der Waals surface area contributed by atoms with Crippen molar-refractivity contribution in [2.75, 3.05) is 26.3 Å². The molecule has 0 aromatic carbocycles. The summed E-state index contributed by atoms with van der Waals surface area (Å²) in [5, 5.41) is 0. The quantitative estimate of drug-likeness (QED) is 0.604. The Hall–Kier alpha value is -0.120. The summed E-state index contributed by atoms with van der Waals surface area (Å²) in [6, 6.07) is 1.05. The molecule has 0 radical (unpaired) electrons. The molecule has 3 nitrogen and oxygen atoms in total. The highest BCUT2D eigenvalue weighted by atomic mass is 16.5. The average Bonchev–Trinajstić information content (AvgIpc) is 2.15. The van der Waals surface area contributed by atoms with Crippen molar-refractivity contribution in [3.8, 4) is 0 Å². The van der Waals surface area contributed by atoms with Crippen molar-refractivity contribution >= 4 is 0 Å². The van der Waals surface area contributed by atoms with Crippen molar-refractivity contribution in [2.45, 2.75) is 25.4 Å². The van der Waals surface area contributed by atoms with Gasteiger partial charge in [-0.1, -0.05) is 6.92 Å². The zero-order chi connectivity index (χ0) is 8.55. The SMILES string of the molecule is CC1CC(N2CCOCC2)[C@@H]1N. The standard InChI is InChI=1S/C9H18N2O/c1-7-6-8(9(7)10)11-2-4-12-5-3-11/h7-9H,2-6,10H2,1H3/t7?,8?,9-/m1/s1. The van der Waals surface area contributed by atoms with Crippen LogP contribution in [0.15, 0.2) is 0 Å². The summed E-state index contributed by atoms with van der Waals surface area (Å²) in [6.07, 6.45) is 1.28. The van der Waals surface area contributed by atoms with Crippen LogP contribution >= 0.6 is 0 Å². The van der Waals surface area contributed by atoms with Crippen molar-refractivity contribution in [2.24, 2.45) is 11.7 Å². The molecule has 70 valence electrons. The van der Waals surface area contributed by atoms with Crippen molar-refractivity contribution in [3.63, 3.8) is 0 Å². The van der Waals surface area contributed by atoms with Gasteiger partial charge in [0.1, 0.15) is 0 Å². The summed E-state index contributed by atoms with van der Waals surface area (Å²) in [4.78, 5) is 2.48. The normalized spacial score (nSPS) is 44.0. The minimum Gasteiger partial charge on any atom is -0.379 e. The first-order valence-corrected chi connectivity index (χ1v) is 4.86. The molecule has 1 saturated carbocycles. The minimum atomic E-state index is 0.406. The third-order valence-electron chi connectivity index (χ3n) is 3.23. The van der Waals surface area contributed by atoms with Crippen LogP contribution in [0.2, 0.25) is 0 Å². The van der Waals surface area contributed by atoms with Gasteiger partial charge in [0.15, 0.2) is 0 Å². The molecule has 1 heterocycles. The van der Waals surface area contributed by atoms with E-state index in [4.69, 9.17) is 10.5 Å². The summed E-state index contributed by atoms with van der Waals surface area (Å²) in [5.74, 6) is 0.720. The molecule has 1 saturated heterocycles. The van der Waals surface area contributed by atoms with Gasteiger partial charge in [-0.3, -0.25) is 4.90 Å². The molecule has 1 aliphatic carbocycles. The van der Waals surface area contributed by atoms with E-state index in [2.05, 4.69) is 11.8 Å². The Morgan fingerprint density at radius 1 is 1.33 bits per heavy atom. The molecule has 0 aromatic rings. The highest BCUT2D eigenvalue weighted by molar-refractivity contribution is 4.97. The lowest BCUT2D eigenvalue weighted by Crippen LogP contribution is -2.61. The second-order valence-corrected chi connectivity index (χ2v) is 4.01. The van der Waals surface area contributed by atoms with E-state index in [-0.39, 0.29) is 0 Å². The smallest absolute Gasteiger partial charge is 0.0594 e. The highest BCUT2D eigenvalue weighted by Crippen LogP contribution is 2.30. The van der Waals surface area contributed by atoms with Gasteiger partial charge < -0.3 is 10.5 Å². The van der Waals surface area contributed by atoms with Gasteiger partial charge in [0, 0.05) is 25.2 Å². The molecule has 2 N–H and O–H groups in total. The van der Waals surface area contributed by atoms with E-state index in [9.17, 15) is 0 Å². The van der Waals surface area contributed by atoms with Gasteiger partial charge in [-0.2, -0.15) is 0 Å². The minimum absolute atomic E-state index is 0.406. The van der Waals surface area contributed by atoms with E-state index in [0.29, 0.717) is 12.1 Å². The maximum atomic E-state index is 6.01. The van der Waals surface area contributed by atoms with Crippen LogP contribution in [0.25, 0.3) is 0 Å². The summed E-state index contributed by atoms with van der Waals surface area (Å²) < 4.78 is 5.30. The lowest BCUT2D eigenvalue weighted by Gasteiger charge is -2.48. The van der Waals surface area contributed by atoms with Crippen LogP contribution in [0.1, 0.15) is 13.3 Å². The highest BCUT2D eigenvalue weighted by Gasteiger charge is 2.39. The summed E-state index contributed by atoms with van der Waals surface area (Å²) in [5.41, 5.74) is 6.01. The van der Waals surface area contributed by atoms with Crippen LogP contribution in [0, 0.1) is 5.92 Å². The molecule has 0 spiro atoms. The average molecular weight is 170 g/mol. The number of ether oxygens (including phenoxy) is 1. The van der Waals surface area contributed by atoms with Crippen molar-refractivity contribution in [3.05, 3.63) is 0 Å². The third kappa shape index (κ3) is 1.37. The first kappa shape index (κ1) is 8.48. The third-order valence-corrected chi connectivity index (χ3v) is 3.23. The van der Waals surface area contributed by atoms with E-state index >= 15 is 0 Å². The summed E-state index contributed by atoms with van der Waals surface area (Å²) in [7, 11) is 0. The summed E-state index contributed by atoms with van der Waals surface area (Å²) in [6.45, 7) is 6.16. The number of nitrogens with zero attached hydrogens (tertiary/aromatic N) is 1. The molecule has 3 heteroatoms. The number of hydrogen-bond acceptors (Lipinski definition) is 3. The molecule has 2 rings (SSSR count). The van der Waals surface area contributed by atoms with Gasteiger partial charge in [-0.25, -0.2) is 0 Å². The van der Waals surface area contributed by atoms with Crippen molar-refractivity contribution in [1.29, 1.82) is 0 Å². The summed E-state index contributed by atoms with van der Waals surface area (Å²) >= 11 is 0. The van der Waals surface area contributed by atoms with Crippen LogP contribution < -0.4 is 5.73 Å². The maximum absolute atomic E-state index is 6.01. The van der Waals surface area contributed by atoms with Crippen molar-refractivity contribution in [1.82, 2.24) is 4.90 Å². The molecule has 2 aliphatic rings. The van der Waals surface area contributed by atoms with Gasteiger partial charge in [0.2, 0.25) is 0 Å². The molecule has 0 aromatic heterocycles. The number of hydrogen-bond donors (Lipinski definition) is 1. The first-order valence-electron chi connectivity index (χ1n) is 4.86. The number of nitrogens with two attached hydrogens (primary N) is 1. The van der Waals surface area contributed by atoms with Gasteiger partial charge in [0.25, 0.3) is 0 Å². The Bertz CT molecular complexity index is 154. The number of morpholine rings is 1. The fourth-order valence-electron chi connectivity index (χ4n) is 2.18. The zero-order valence-corrected chi connectivity index (χ0v) is 7.70. The van der Waals surface area contributed by atoms with E-state index < -0.39 is 0 Å². The van der Waals surface area contributed by atoms with E-state index in [1.165, 1.54) is 6.42 Å². The van der Waals surface area contributed by atoms with Gasteiger partial charge >= 0.3 is 0 Å². The Labute approximate surface area is 73.9 Å². The number of rotatable bonds is 1. The predicted molar refractivity (Wildman–Crippen MR) is 47.9 cm³/mol. The maximum Gasteiger partial charge on any atom is 0.0594 e. The van der Waals surface area contributed by atoms with Crippen LogP contribution in [0.5, 0.6) is 0 Å². The zero-order valence-electron chi connectivity index (χ0n) is 7.70. The molecular formula is C9H18N2O. The predicted octanol–water partition coefficient (Wildman–Crippen LogP) is 0.0543. The van der Waals surface area contributed by atoms with E-state index in [1.807, 2.05) is 0 Å². The fraction of sp³-hybridized carbons (Fsp3) is 1.00. The van der Waals surface area contributed by atoms with Crippen LogP contribution in [0.4, 0.5) is 0 Å². The van der Waals surface area contributed by atoms with Crippen LogP contribution in [-0.2, 0) is 4.74 Å². The molecule has 2 unspecified atom stereocenters. The van der Waals surface area contributed by atoms with E-state index in [0.717, 1.165) is 32.2 Å². The lowest BCUT2D eigenvalue weighted by atomic mass is 9.75. The molecule has 0 bridgehead atoms. The van der Waals surface area contributed by atoms with Gasteiger partial charge in [-0.05, 0) is 12.3 Å². The van der Waals surface area contributed by atoms with Gasteiger partial charge in [-0.15, -0.1) is 0 Å². The first-order chi connectivity index (χ1) is 5.79. The second kappa shape index (κ2) is 3.32. The fourth-order valence-corrected chi connectivity index (χ4v) is 2.18. The molecular weight excluding hydrogens is 152 g/mol. The topological polar surface area (TPSA) is 38.5 Å². The molecule has 12 heavy (non-hydrogen) atoms. The molecule has 1 aliphatic heterocycles. The lowest BCUT2D eigenvalue weighted by molar-refractivity contribution is -0.0245. The Morgan fingerprint density at radius 3 is 2.50 bits per heavy atom. The largest absolute Gasteiger partial charge is 0.379 e. The Kier molecular flexibility index (Phi) is 2.35. The van der Waals surface area contributed by atoms with Crippen LogP contribution in [0.3, 0.4) is 0 Å². The van der Waals surface area contributed by atoms with E-state index in [1.54, 1.807) is 0 Å². The molecule has 0 amide bonds. The van der Waals surface area contributed by atoms with Gasteiger partial charge in [0.05, 0.1) is 13.2 Å². The van der Waals surface area contributed by atoms with Crippen molar-refractivity contribution < 1.29 is 4.74 Å². The Balaban J connectivity index is 1.84. The monoisotopic (exact) mass is 170 g/mol. The second-order valence-electron chi connectivity index (χ2n) is 4.01.